The SMILES string of the molecule is Cc1ccc(C(=O)NCC(=O)NCCNc2ccc(C(F)(F)F)cc2[N+](=O)[O-])s1. The highest BCUT2D eigenvalue weighted by Crippen LogP contribution is 2.34. The van der Waals surface area contributed by atoms with Crippen LogP contribution in [0.1, 0.15) is 20.1 Å². The van der Waals surface area contributed by atoms with Gasteiger partial charge < -0.3 is 16.0 Å². The summed E-state index contributed by atoms with van der Waals surface area (Å²) < 4.78 is 38.0. The highest BCUT2D eigenvalue weighted by atomic mass is 32.1. The van der Waals surface area contributed by atoms with Crippen molar-refractivity contribution in [1.29, 1.82) is 0 Å². The monoisotopic (exact) mass is 430 g/mol. The van der Waals surface area contributed by atoms with E-state index in [1.165, 1.54) is 11.3 Å². The molecule has 0 spiro atoms. The predicted octanol–water partition coefficient (Wildman–Crippen LogP) is 2.94. The van der Waals surface area contributed by atoms with Gasteiger partial charge in [0.05, 0.1) is 21.9 Å². The van der Waals surface area contributed by atoms with Crippen LogP contribution in [0.15, 0.2) is 30.3 Å². The summed E-state index contributed by atoms with van der Waals surface area (Å²) in [7, 11) is 0. The quantitative estimate of drug-likeness (QED) is 0.339. The minimum absolute atomic E-state index is 0.0377. The van der Waals surface area contributed by atoms with Crippen LogP contribution >= 0.6 is 11.3 Å². The molecule has 0 saturated carbocycles. The summed E-state index contributed by atoms with van der Waals surface area (Å²) in [4.78, 5) is 35.1. The van der Waals surface area contributed by atoms with E-state index in [9.17, 15) is 32.9 Å². The van der Waals surface area contributed by atoms with Gasteiger partial charge in [-0.25, -0.2) is 0 Å². The number of thiophene rings is 1. The van der Waals surface area contributed by atoms with Crippen molar-refractivity contribution < 1.29 is 27.7 Å². The van der Waals surface area contributed by atoms with Crippen LogP contribution in [-0.2, 0) is 11.0 Å². The molecule has 1 aromatic heterocycles. The number of benzene rings is 1. The van der Waals surface area contributed by atoms with Crippen molar-refractivity contribution in [1.82, 2.24) is 10.6 Å². The van der Waals surface area contributed by atoms with E-state index in [1.807, 2.05) is 6.92 Å². The topological polar surface area (TPSA) is 113 Å². The van der Waals surface area contributed by atoms with Gasteiger partial charge in [0.15, 0.2) is 0 Å². The Hall–Kier alpha value is -3.15. The van der Waals surface area contributed by atoms with E-state index in [4.69, 9.17) is 0 Å². The lowest BCUT2D eigenvalue weighted by molar-refractivity contribution is -0.384. The lowest BCUT2D eigenvalue weighted by atomic mass is 10.1. The van der Waals surface area contributed by atoms with Crippen molar-refractivity contribution in [3.8, 4) is 0 Å². The number of halogens is 3. The van der Waals surface area contributed by atoms with Crippen molar-refractivity contribution in [2.24, 2.45) is 0 Å². The number of nitro groups is 1. The molecule has 29 heavy (non-hydrogen) atoms. The van der Waals surface area contributed by atoms with Crippen LogP contribution in [0.4, 0.5) is 24.5 Å². The zero-order valence-electron chi connectivity index (χ0n) is 15.1. The first-order valence-electron chi connectivity index (χ1n) is 8.29. The van der Waals surface area contributed by atoms with Gasteiger partial charge in [0.25, 0.3) is 11.6 Å². The number of carbonyl (C=O) groups is 2. The molecule has 2 amide bonds. The zero-order valence-corrected chi connectivity index (χ0v) is 15.9. The molecule has 2 aromatic rings. The fourth-order valence-corrected chi connectivity index (χ4v) is 3.06. The minimum Gasteiger partial charge on any atom is -0.378 e. The van der Waals surface area contributed by atoms with E-state index in [0.29, 0.717) is 10.9 Å². The summed E-state index contributed by atoms with van der Waals surface area (Å²) in [5.41, 5.74) is -1.94. The maximum atomic E-state index is 12.7. The first-order valence-corrected chi connectivity index (χ1v) is 9.10. The number of nitrogens with zero attached hydrogens (tertiary/aromatic N) is 1. The number of amides is 2. The maximum absolute atomic E-state index is 12.7. The number of carbonyl (C=O) groups excluding carboxylic acids is 2. The summed E-state index contributed by atoms with van der Waals surface area (Å²) in [6.45, 7) is 1.68. The molecule has 1 aromatic carbocycles. The lowest BCUT2D eigenvalue weighted by Crippen LogP contribution is -2.38. The number of nitrogens with one attached hydrogen (secondary N) is 3. The Balaban J connectivity index is 1.80. The molecule has 1 heterocycles. The number of nitro benzene ring substituents is 1. The normalized spacial score (nSPS) is 11.0. The van der Waals surface area contributed by atoms with Crippen molar-refractivity contribution in [3.05, 3.63) is 55.8 Å². The molecule has 0 saturated heterocycles. The molecule has 0 bridgehead atoms. The van der Waals surface area contributed by atoms with Gasteiger partial charge in [-0.3, -0.25) is 19.7 Å². The van der Waals surface area contributed by atoms with Crippen LogP contribution in [0.25, 0.3) is 0 Å². The highest BCUT2D eigenvalue weighted by Gasteiger charge is 2.33. The Morgan fingerprint density at radius 3 is 2.45 bits per heavy atom. The van der Waals surface area contributed by atoms with E-state index >= 15 is 0 Å². The van der Waals surface area contributed by atoms with Gasteiger partial charge in [-0.15, -0.1) is 11.3 Å². The molecule has 8 nitrogen and oxygen atoms in total. The molecule has 0 aliphatic carbocycles. The Morgan fingerprint density at radius 2 is 1.86 bits per heavy atom. The molecule has 3 N–H and O–H groups in total. The summed E-state index contributed by atoms with van der Waals surface area (Å²) in [5, 5.41) is 18.6. The third-order valence-corrected chi connectivity index (χ3v) is 4.66. The van der Waals surface area contributed by atoms with Gasteiger partial charge in [0.1, 0.15) is 5.69 Å². The van der Waals surface area contributed by atoms with E-state index in [-0.39, 0.29) is 31.2 Å². The second-order valence-corrected chi connectivity index (χ2v) is 7.14. The van der Waals surface area contributed by atoms with E-state index in [0.717, 1.165) is 17.0 Å². The molecule has 0 aliphatic heterocycles. The smallest absolute Gasteiger partial charge is 0.378 e. The second-order valence-electron chi connectivity index (χ2n) is 5.86. The van der Waals surface area contributed by atoms with E-state index < -0.39 is 28.3 Å². The van der Waals surface area contributed by atoms with E-state index in [2.05, 4.69) is 16.0 Å². The van der Waals surface area contributed by atoms with E-state index in [1.54, 1.807) is 12.1 Å². The molecule has 0 atom stereocenters. The molecule has 0 fully saturated rings. The Morgan fingerprint density at radius 1 is 1.14 bits per heavy atom. The molecule has 2 rings (SSSR count). The Bertz CT molecular complexity index is 914. The second kappa shape index (κ2) is 9.37. The van der Waals surface area contributed by atoms with Gasteiger partial charge in [-0.1, -0.05) is 0 Å². The van der Waals surface area contributed by atoms with Gasteiger partial charge in [0.2, 0.25) is 5.91 Å². The fourth-order valence-electron chi connectivity index (χ4n) is 2.27. The van der Waals surface area contributed by atoms with Crippen LogP contribution in [0.5, 0.6) is 0 Å². The average molecular weight is 430 g/mol. The Labute approximate surface area is 167 Å². The first kappa shape index (κ1) is 22.1. The Kier molecular flexibility index (Phi) is 7.15. The molecule has 0 aliphatic rings. The molecule has 0 radical (unpaired) electrons. The van der Waals surface area contributed by atoms with Crippen LogP contribution in [0.2, 0.25) is 0 Å². The summed E-state index contributed by atoms with van der Waals surface area (Å²) in [6, 6.07) is 5.57. The van der Waals surface area contributed by atoms with Crippen LogP contribution < -0.4 is 16.0 Å². The number of alkyl halides is 3. The van der Waals surface area contributed by atoms with Crippen molar-refractivity contribution in [2.75, 3.05) is 25.0 Å². The number of rotatable bonds is 8. The minimum atomic E-state index is -4.69. The van der Waals surface area contributed by atoms with Crippen molar-refractivity contribution in [3.63, 3.8) is 0 Å². The largest absolute Gasteiger partial charge is 0.416 e. The van der Waals surface area contributed by atoms with Gasteiger partial charge in [-0.05, 0) is 31.2 Å². The van der Waals surface area contributed by atoms with Crippen LogP contribution in [0, 0.1) is 17.0 Å². The zero-order chi connectivity index (χ0) is 21.6. The van der Waals surface area contributed by atoms with Crippen molar-refractivity contribution in [2.45, 2.75) is 13.1 Å². The molecular weight excluding hydrogens is 413 g/mol. The standard InChI is InChI=1S/C17H17F3N4O4S/c1-10-2-5-14(29-10)16(26)23-9-15(25)22-7-6-21-12-4-3-11(17(18,19)20)8-13(12)24(27)28/h2-5,8,21H,6-7,9H2,1H3,(H,22,25)(H,23,26). The number of hydrogen-bond donors (Lipinski definition) is 3. The van der Waals surface area contributed by atoms with Gasteiger partial charge in [-0.2, -0.15) is 13.2 Å². The van der Waals surface area contributed by atoms with Gasteiger partial charge >= 0.3 is 6.18 Å². The maximum Gasteiger partial charge on any atom is 0.416 e. The third kappa shape index (κ3) is 6.45. The fraction of sp³-hybridized carbons (Fsp3) is 0.294. The summed E-state index contributed by atoms with van der Waals surface area (Å²) in [5.74, 6) is -0.855. The lowest BCUT2D eigenvalue weighted by Gasteiger charge is -2.11. The van der Waals surface area contributed by atoms with Crippen molar-refractivity contribution >= 4 is 34.5 Å². The molecular formula is C17H17F3N4O4S. The third-order valence-electron chi connectivity index (χ3n) is 3.66. The predicted molar refractivity (Wildman–Crippen MR) is 101 cm³/mol. The van der Waals surface area contributed by atoms with Gasteiger partial charge in [0, 0.05) is 24.0 Å². The average Bonchev–Trinajstić information content (AvgIpc) is 3.08. The van der Waals surface area contributed by atoms with Crippen LogP contribution in [-0.4, -0.2) is 36.4 Å². The summed E-state index contributed by atoms with van der Waals surface area (Å²) >= 11 is 1.29. The molecule has 156 valence electrons. The molecule has 0 unspecified atom stereocenters. The number of aryl methyl sites for hydroxylation is 1. The first-order chi connectivity index (χ1) is 13.6. The molecule has 12 heteroatoms. The van der Waals surface area contributed by atoms with Crippen LogP contribution in [0.3, 0.4) is 0 Å². The summed E-state index contributed by atoms with van der Waals surface area (Å²) in [6.07, 6.45) is -4.69. The highest BCUT2D eigenvalue weighted by molar-refractivity contribution is 7.13. The number of hydrogen-bond acceptors (Lipinski definition) is 6. The number of anilines is 1.